The molecule has 3 aromatic carbocycles. The monoisotopic (exact) mass is 439 g/mol. The summed E-state index contributed by atoms with van der Waals surface area (Å²) in [7, 11) is 0. The van der Waals surface area contributed by atoms with Gasteiger partial charge in [0.15, 0.2) is 5.58 Å². The zero-order valence-electron chi connectivity index (χ0n) is 18.0. The number of nitrogens with one attached hydrogen (secondary N) is 1. The van der Waals surface area contributed by atoms with E-state index in [1.54, 1.807) is 42.5 Å². The van der Waals surface area contributed by atoms with Gasteiger partial charge in [-0.25, -0.2) is 4.98 Å². The normalized spacial score (nSPS) is 12.9. The van der Waals surface area contributed by atoms with E-state index < -0.39 is 0 Å². The fourth-order valence-electron chi connectivity index (χ4n) is 3.97. The number of hydrogen-bond donors (Lipinski definition) is 1. The molecule has 0 bridgehead atoms. The Morgan fingerprint density at radius 2 is 1.73 bits per heavy atom. The van der Waals surface area contributed by atoms with Gasteiger partial charge in [0.25, 0.3) is 11.8 Å². The summed E-state index contributed by atoms with van der Waals surface area (Å²) in [6.45, 7) is 2.20. The Balaban J connectivity index is 1.20. The third kappa shape index (κ3) is 4.01. The second-order valence-corrected chi connectivity index (χ2v) is 8.03. The summed E-state index contributed by atoms with van der Waals surface area (Å²) < 4.78 is 5.89. The fourth-order valence-corrected chi connectivity index (χ4v) is 3.97. The summed E-state index contributed by atoms with van der Waals surface area (Å²) in [4.78, 5) is 43.0. The Bertz CT molecular complexity index is 1370. The lowest BCUT2D eigenvalue weighted by Crippen LogP contribution is -2.31. The highest BCUT2D eigenvalue weighted by Crippen LogP contribution is 2.27. The topological polar surface area (TPSA) is 92.5 Å². The Kier molecular flexibility index (Phi) is 5.22. The van der Waals surface area contributed by atoms with Gasteiger partial charge in [-0.1, -0.05) is 29.8 Å². The van der Waals surface area contributed by atoms with Crippen LogP contribution in [0.1, 0.15) is 39.1 Å². The van der Waals surface area contributed by atoms with Crippen LogP contribution < -0.4 is 5.32 Å². The fraction of sp³-hybridized carbons (Fsp3) is 0.154. The first-order valence-corrected chi connectivity index (χ1v) is 10.7. The van der Waals surface area contributed by atoms with Gasteiger partial charge in [0.05, 0.1) is 11.1 Å². The summed E-state index contributed by atoms with van der Waals surface area (Å²) in [5, 5.41) is 2.84. The molecule has 1 aromatic heterocycles. The van der Waals surface area contributed by atoms with Gasteiger partial charge < -0.3 is 9.73 Å². The second-order valence-electron chi connectivity index (χ2n) is 8.03. The van der Waals surface area contributed by atoms with Gasteiger partial charge in [-0.2, -0.15) is 0 Å². The number of carbonyl (C=O) groups is 3. The molecule has 0 unspecified atom stereocenters. The van der Waals surface area contributed by atoms with Crippen molar-refractivity contribution in [2.75, 3.05) is 11.9 Å². The molecule has 0 radical (unpaired) electrons. The molecule has 4 aromatic rings. The maximum atomic E-state index is 12.4. The molecule has 7 nitrogen and oxygen atoms in total. The second kappa shape index (κ2) is 8.35. The predicted molar refractivity (Wildman–Crippen MR) is 124 cm³/mol. The van der Waals surface area contributed by atoms with Crippen LogP contribution in [0.4, 0.5) is 5.69 Å². The van der Waals surface area contributed by atoms with Crippen molar-refractivity contribution in [1.82, 2.24) is 9.88 Å². The minimum atomic E-state index is -0.309. The van der Waals surface area contributed by atoms with Crippen molar-refractivity contribution in [2.45, 2.75) is 19.8 Å². The number of oxazole rings is 1. The number of hydrogen-bond acceptors (Lipinski definition) is 5. The van der Waals surface area contributed by atoms with E-state index in [1.807, 2.05) is 31.2 Å². The summed E-state index contributed by atoms with van der Waals surface area (Å²) in [6.07, 6.45) is 0.551. The molecule has 0 fully saturated rings. The maximum Gasteiger partial charge on any atom is 0.261 e. The van der Waals surface area contributed by atoms with E-state index in [9.17, 15) is 14.4 Å². The van der Waals surface area contributed by atoms with Gasteiger partial charge in [-0.05, 0) is 49.7 Å². The SMILES string of the molecule is Cc1cccc(-c2nc3ccc(NC(=O)CCCN4C(=O)c5ccccc5C4=O)cc3o2)c1. The van der Waals surface area contributed by atoms with Crippen molar-refractivity contribution in [1.29, 1.82) is 0 Å². The van der Waals surface area contributed by atoms with Crippen molar-refractivity contribution in [2.24, 2.45) is 0 Å². The lowest BCUT2D eigenvalue weighted by Gasteiger charge is -2.13. The Labute approximate surface area is 190 Å². The van der Waals surface area contributed by atoms with E-state index in [-0.39, 0.29) is 30.7 Å². The number of amides is 3. The predicted octanol–water partition coefficient (Wildman–Crippen LogP) is 4.82. The first kappa shape index (κ1) is 20.6. The Morgan fingerprint density at radius 3 is 2.45 bits per heavy atom. The molecule has 2 heterocycles. The zero-order chi connectivity index (χ0) is 22.9. The lowest BCUT2D eigenvalue weighted by molar-refractivity contribution is -0.116. The van der Waals surface area contributed by atoms with Crippen molar-refractivity contribution >= 4 is 34.5 Å². The molecule has 0 atom stereocenters. The molecule has 7 heteroatoms. The van der Waals surface area contributed by atoms with Crippen LogP contribution in [-0.4, -0.2) is 34.2 Å². The van der Waals surface area contributed by atoms with Crippen molar-refractivity contribution in [3.05, 3.63) is 83.4 Å². The number of fused-ring (bicyclic) bond motifs is 2. The lowest BCUT2D eigenvalue weighted by atomic mass is 10.1. The van der Waals surface area contributed by atoms with E-state index in [0.29, 0.717) is 40.2 Å². The molecular weight excluding hydrogens is 418 g/mol. The molecule has 33 heavy (non-hydrogen) atoms. The average Bonchev–Trinajstić information content (AvgIpc) is 3.34. The average molecular weight is 439 g/mol. The number of nitrogens with zero attached hydrogens (tertiary/aromatic N) is 2. The van der Waals surface area contributed by atoms with Gasteiger partial charge >= 0.3 is 0 Å². The van der Waals surface area contributed by atoms with E-state index in [1.165, 1.54) is 4.90 Å². The minimum Gasteiger partial charge on any atom is -0.436 e. The molecule has 5 rings (SSSR count). The van der Waals surface area contributed by atoms with Crippen molar-refractivity contribution < 1.29 is 18.8 Å². The van der Waals surface area contributed by atoms with Crippen LogP contribution in [0.5, 0.6) is 0 Å². The summed E-state index contributed by atoms with van der Waals surface area (Å²) >= 11 is 0. The van der Waals surface area contributed by atoms with Crippen molar-refractivity contribution in [3.8, 4) is 11.5 Å². The highest BCUT2D eigenvalue weighted by molar-refractivity contribution is 6.21. The molecule has 0 spiro atoms. The number of benzene rings is 3. The van der Waals surface area contributed by atoms with Crippen LogP contribution in [0.15, 0.2) is 71.1 Å². The van der Waals surface area contributed by atoms with Gasteiger partial charge in [-0.15, -0.1) is 0 Å². The molecule has 164 valence electrons. The van der Waals surface area contributed by atoms with E-state index in [0.717, 1.165) is 11.1 Å². The summed E-state index contributed by atoms with van der Waals surface area (Å²) in [5.74, 6) is -0.296. The first-order valence-electron chi connectivity index (χ1n) is 10.7. The largest absolute Gasteiger partial charge is 0.436 e. The highest BCUT2D eigenvalue weighted by atomic mass is 16.3. The summed E-state index contributed by atoms with van der Waals surface area (Å²) in [5.41, 5.74) is 4.72. The van der Waals surface area contributed by atoms with Crippen LogP contribution in [0.2, 0.25) is 0 Å². The molecule has 1 N–H and O–H groups in total. The third-order valence-corrected chi connectivity index (χ3v) is 5.60. The molecule has 0 saturated carbocycles. The molecule has 1 aliphatic rings. The number of aromatic nitrogens is 1. The summed E-state index contributed by atoms with van der Waals surface area (Å²) in [6, 6.07) is 20.0. The minimum absolute atomic E-state index is 0.177. The van der Waals surface area contributed by atoms with Gasteiger partial charge in [0, 0.05) is 30.3 Å². The third-order valence-electron chi connectivity index (χ3n) is 5.60. The van der Waals surface area contributed by atoms with Crippen LogP contribution in [0.3, 0.4) is 0 Å². The molecule has 0 aliphatic carbocycles. The van der Waals surface area contributed by atoms with Gasteiger partial charge in [0.2, 0.25) is 11.8 Å². The maximum absolute atomic E-state index is 12.4. The Hall–Kier alpha value is -4.26. The molecule has 0 saturated heterocycles. The number of aryl methyl sites for hydroxylation is 1. The smallest absolute Gasteiger partial charge is 0.261 e. The number of imide groups is 1. The van der Waals surface area contributed by atoms with Crippen LogP contribution in [0, 0.1) is 6.92 Å². The van der Waals surface area contributed by atoms with Gasteiger partial charge in [0.1, 0.15) is 5.52 Å². The van der Waals surface area contributed by atoms with Gasteiger partial charge in [-0.3, -0.25) is 19.3 Å². The van der Waals surface area contributed by atoms with Crippen LogP contribution >= 0.6 is 0 Å². The van der Waals surface area contributed by atoms with Crippen LogP contribution in [0.25, 0.3) is 22.6 Å². The van der Waals surface area contributed by atoms with Crippen LogP contribution in [-0.2, 0) is 4.79 Å². The Morgan fingerprint density at radius 1 is 0.970 bits per heavy atom. The first-order chi connectivity index (χ1) is 16.0. The number of anilines is 1. The zero-order valence-corrected chi connectivity index (χ0v) is 18.0. The highest BCUT2D eigenvalue weighted by Gasteiger charge is 2.34. The van der Waals surface area contributed by atoms with Crippen molar-refractivity contribution in [3.63, 3.8) is 0 Å². The van der Waals surface area contributed by atoms with E-state index in [2.05, 4.69) is 10.3 Å². The van der Waals surface area contributed by atoms with E-state index >= 15 is 0 Å². The molecule has 3 amide bonds. The quantitative estimate of drug-likeness (QED) is 0.435. The van der Waals surface area contributed by atoms with E-state index in [4.69, 9.17) is 4.42 Å². The number of rotatable bonds is 6. The number of carbonyl (C=O) groups excluding carboxylic acids is 3. The molecular formula is C26H21N3O4. The standard InChI is InChI=1S/C26H21N3O4/c1-16-6-4-7-17(14-16)24-28-21-12-11-18(15-22(21)33-24)27-23(30)10-5-13-29-25(31)19-8-2-3-9-20(19)26(29)32/h2-4,6-9,11-12,14-15H,5,10,13H2,1H3,(H,27,30). The molecule has 1 aliphatic heterocycles.